The van der Waals surface area contributed by atoms with Crippen molar-refractivity contribution in [1.29, 1.82) is 0 Å². The van der Waals surface area contributed by atoms with Crippen LogP contribution in [-0.2, 0) is 4.79 Å². The van der Waals surface area contributed by atoms with Gasteiger partial charge in [-0.25, -0.2) is 0 Å². The third-order valence-corrected chi connectivity index (χ3v) is 3.35. The zero-order valence-electron chi connectivity index (χ0n) is 12.2. The van der Waals surface area contributed by atoms with Crippen molar-refractivity contribution < 1.29 is 4.79 Å². The number of allylic oxidation sites excluding steroid dienone is 2. The maximum atomic E-state index is 11.7. The van der Waals surface area contributed by atoms with Gasteiger partial charge < -0.3 is 10.2 Å². The van der Waals surface area contributed by atoms with Gasteiger partial charge in [-0.1, -0.05) is 13.8 Å². The number of nitrogens with one attached hydrogen (secondary N) is 1. The third kappa shape index (κ3) is 3.60. The molecule has 1 aliphatic rings. The van der Waals surface area contributed by atoms with Crippen LogP contribution in [-0.4, -0.2) is 19.9 Å². The second kappa shape index (κ2) is 5.08. The van der Waals surface area contributed by atoms with Crippen LogP contribution in [0.3, 0.4) is 0 Å². The van der Waals surface area contributed by atoms with Crippen LogP contribution >= 0.6 is 0 Å². The topological polar surface area (TPSA) is 32.3 Å². The predicted octanol–water partition coefficient (Wildman–Crippen LogP) is 3.44. The minimum atomic E-state index is 0.0533. The number of benzene rings is 1. The number of ketones is 1. The van der Waals surface area contributed by atoms with Crippen molar-refractivity contribution in [3.05, 3.63) is 36.0 Å². The molecule has 0 aliphatic heterocycles. The molecule has 1 N–H and O–H groups in total. The predicted molar refractivity (Wildman–Crippen MR) is 80.5 cm³/mol. The molecule has 0 spiro atoms. The standard InChI is InChI=1S/C16H22N2O/c1-16(2)10-13(9-15(19)11-16)17-12-5-7-14(8-6-12)18(3)4/h5-9,17H,10-11H2,1-4H3. The first-order valence-corrected chi connectivity index (χ1v) is 6.64. The summed E-state index contributed by atoms with van der Waals surface area (Å²) in [6, 6.07) is 8.22. The van der Waals surface area contributed by atoms with Gasteiger partial charge in [0, 0.05) is 43.7 Å². The number of anilines is 2. The minimum absolute atomic E-state index is 0.0533. The monoisotopic (exact) mass is 258 g/mol. The van der Waals surface area contributed by atoms with E-state index >= 15 is 0 Å². The highest BCUT2D eigenvalue weighted by Gasteiger charge is 2.27. The van der Waals surface area contributed by atoms with Gasteiger partial charge in [0.2, 0.25) is 0 Å². The summed E-state index contributed by atoms with van der Waals surface area (Å²) in [4.78, 5) is 13.8. The summed E-state index contributed by atoms with van der Waals surface area (Å²) >= 11 is 0. The summed E-state index contributed by atoms with van der Waals surface area (Å²) in [5.41, 5.74) is 3.26. The lowest BCUT2D eigenvalue weighted by molar-refractivity contribution is -0.117. The molecule has 0 bridgehead atoms. The minimum Gasteiger partial charge on any atom is -0.378 e. The number of hydrogen-bond donors (Lipinski definition) is 1. The summed E-state index contributed by atoms with van der Waals surface area (Å²) < 4.78 is 0. The SMILES string of the molecule is CN(C)c1ccc(NC2=CC(=O)CC(C)(C)C2)cc1. The van der Waals surface area contributed by atoms with E-state index in [2.05, 4.69) is 36.2 Å². The molecule has 19 heavy (non-hydrogen) atoms. The van der Waals surface area contributed by atoms with Crippen molar-refractivity contribution in [3.8, 4) is 0 Å². The molecule has 0 aromatic heterocycles. The van der Waals surface area contributed by atoms with Crippen LogP contribution in [0.4, 0.5) is 11.4 Å². The van der Waals surface area contributed by atoms with Crippen LogP contribution in [0.5, 0.6) is 0 Å². The molecule has 0 radical (unpaired) electrons. The van der Waals surface area contributed by atoms with Gasteiger partial charge in [0.1, 0.15) is 0 Å². The fourth-order valence-electron chi connectivity index (χ4n) is 2.45. The first-order chi connectivity index (χ1) is 8.85. The van der Waals surface area contributed by atoms with Crippen LogP contribution in [0, 0.1) is 5.41 Å². The quantitative estimate of drug-likeness (QED) is 0.901. The Morgan fingerprint density at radius 1 is 1.11 bits per heavy atom. The second-order valence-corrected chi connectivity index (χ2v) is 6.22. The van der Waals surface area contributed by atoms with Gasteiger partial charge in [0.25, 0.3) is 0 Å². The first kappa shape index (κ1) is 13.7. The van der Waals surface area contributed by atoms with Crippen LogP contribution in [0.25, 0.3) is 0 Å². The van der Waals surface area contributed by atoms with Crippen LogP contribution < -0.4 is 10.2 Å². The largest absolute Gasteiger partial charge is 0.378 e. The Morgan fingerprint density at radius 3 is 2.26 bits per heavy atom. The van der Waals surface area contributed by atoms with Gasteiger partial charge in [-0.05, 0) is 36.1 Å². The molecule has 0 heterocycles. The Morgan fingerprint density at radius 2 is 1.74 bits per heavy atom. The van der Waals surface area contributed by atoms with E-state index in [1.54, 1.807) is 6.08 Å². The van der Waals surface area contributed by atoms with Gasteiger partial charge in [0.05, 0.1) is 0 Å². The highest BCUT2D eigenvalue weighted by Crippen LogP contribution is 2.34. The molecule has 1 aliphatic carbocycles. The van der Waals surface area contributed by atoms with E-state index in [1.165, 1.54) is 5.69 Å². The normalized spacial score (nSPS) is 17.9. The van der Waals surface area contributed by atoms with Gasteiger partial charge in [-0.15, -0.1) is 0 Å². The lowest BCUT2D eigenvalue weighted by Crippen LogP contribution is -2.24. The Bertz CT molecular complexity index is 498. The molecular formula is C16H22N2O. The number of carbonyl (C=O) groups excluding carboxylic acids is 1. The van der Waals surface area contributed by atoms with E-state index < -0.39 is 0 Å². The molecule has 0 atom stereocenters. The van der Waals surface area contributed by atoms with Crippen LogP contribution in [0.2, 0.25) is 0 Å². The molecule has 0 saturated heterocycles. The molecule has 0 saturated carbocycles. The summed E-state index contributed by atoms with van der Waals surface area (Å²) in [6.07, 6.45) is 3.29. The Labute approximate surface area is 115 Å². The van der Waals surface area contributed by atoms with Crippen molar-refractivity contribution in [2.75, 3.05) is 24.3 Å². The maximum Gasteiger partial charge on any atom is 0.157 e. The third-order valence-electron chi connectivity index (χ3n) is 3.35. The van der Waals surface area contributed by atoms with E-state index in [1.807, 2.05) is 26.2 Å². The lowest BCUT2D eigenvalue weighted by Gasteiger charge is -2.29. The Balaban J connectivity index is 2.11. The Hall–Kier alpha value is -1.77. The zero-order valence-corrected chi connectivity index (χ0v) is 12.2. The maximum absolute atomic E-state index is 11.7. The van der Waals surface area contributed by atoms with E-state index in [0.717, 1.165) is 17.8 Å². The molecule has 1 aromatic carbocycles. The molecule has 102 valence electrons. The molecule has 0 amide bonds. The van der Waals surface area contributed by atoms with Crippen molar-refractivity contribution in [2.24, 2.45) is 5.41 Å². The number of rotatable bonds is 3. The van der Waals surface area contributed by atoms with E-state index in [0.29, 0.717) is 6.42 Å². The van der Waals surface area contributed by atoms with Gasteiger partial charge in [-0.2, -0.15) is 0 Å². The second-order valence-electron chi connectivity index (χ2n) is 6.22. The molecule has 0 unspecified atom stereocenters. The number of hydrogen-bond acceptors (Lipinski definition) is 3. The fraction of sp³-hybridized carbons (Fsp3) is 0.438. The molecule has 2 rings (SSSR count). The molecule has 3 heteroatoms. The lowest BCUT2D eigenvalue weighted by atomic mass is 9.79. The van der Waals surface area contributed by atoms with Gasteiger partial charge in [0.15, 0.2) is 5.78 Å². The molecule has 1 aromatic rings. The van der Waals surface area contributed by atoms with Crippen molar-refractivity contribution in [3.63, 3.8) is 0 Å². The zero-order chi connectivity index (χ0) is 14.0. The molecular weight excluding hydrogens is 236 g/mol. The summed E-state index contributed by atoms with van der Waals surface area (Å²) in [5.74, 6) is 0.212. The highest BCUT2D eigenvalue weighted by molar-refractivity contribution is 5.92. The average molecular weight is 258 g/mol. The van der Waals surface area contributed by atoms with Crippen LogP contribution in [0.1, 0.15) is 26.7 Å². The number of carbonyl (C=O) groups is 1. The molecule has 3 nitrogen and oxygen atoms in total. The summed E-state index contributed by atoms with van der Waals surface area (Å²) in [6.45, 7) is 4.27. The van der Waals surface area contributed by atoms with E-state index in [-0.39, 0.29) is 11.2 Å². The fourth-order valence-corrected chi connectivity index (χ4v) is 2.45. The average Bonchev–Trinajstić information content (AvgIpc) is 2.26. The van der Waals surface area contributed by atoms with E-state index in [4.69, 9.17) is 0 Å². The van der Waals surface area contributed by atoms with E-state index in [9.17, 15) is 4.79 Å². The first-order valence-electron chi connectivity index (χ1n) is 6.64. The molecule has 0 fully saturated rings. The van der Waals surface area contributed by atoms with Gasteiger partial charge >= 0.3 is 0 Å². The summed E-state index contributed by atoms with van der Waals surface area (Å²) in [5, 5.41) is 3.35. The van der Waals surface area contributed by atoms with Gasteiger partial charge in [-0.3, -0.25) is 4.79 Å². The van der Waals surface area contributed by atoms with Crippen molar-refractivity contribution in [1.82, 2.24) is 0 Å². The smallest absolute Gasteiger partial charge is 0.157 e. The van der Waals surface area contributed by atoms with Crippen LogP contribution in [0.15, 0.2) is 36.0 Å². The number of nitrogens with zero attached hydrogens (tertiary/aromatic N) is 1. The van der Waals surface area contributed by atoms with Crippen molar-refractivity contribution in [2.45, 2.75) is 26.7 Å². The van der Waals surface area contributed by atoms with Crippen molar-refractivity contribution >= 4 is 17.2 Å². The summed E-state index contributed by atoms with van der Waals surface area (Å²) in [7, 11) is 4.04. The Kier molecular flexibility index (Phi) is 3.65. The highest BCUT2D eigenvalue weighted by atomic mass is 16.1.